The lowest BCUT2D eigenvalue weighted by Gasteiger charge is -2.22. The average Bonchev–Trinajstić information content (AvgIpc) is 2.76. The molecule has 0 radical (unpaired) electrons. The zero-order valence-corrected chi connectivity index (χ0v) is 23.1. The van der Waals surface area contributed by atoms with Gasteiger partial charge in [0.15, 0.2) is 11.5 Å². The summed E-state index contributed by atoms with van der Waals surface area (Å²) in [5.74, 6) is -2.09. The molecule has 0 saturated heterocycles. The topological polar surface area (TPSA) is 137 Å². The van der Waals surface area contributed by atoms with Gasteiger partial charge in [0.1, 0.15) is 12.1 Å². The molecule has 0 fully saturated rings. The van der Waals surface area contributed by atoms with Crippen molar-refractivity contribution in [2.75, 3.05) is 13.2 Å². The van der Waals surface area contributed by atoms with Crippen LogP contribution in [0.1, 0.15) is 73.8 Å². The third-order valence-corrected chi connectivity index (χ3v) is 5.04. The van der Waals surface area contributed by atoms with Crippen LogP contribution in [0, 0.1) is 10.8 Å². The van der Waals surface area contributed by atoms with Crippen LogP contribution in [0.15, 0.2) is 18.2 Å². The molecule has 0 aliphatic rings. The van der Waals surface area contributed by atoms with Crippen LogP contribution in [-0.4, -0.2) is 54.5 Å². The van der Waals surface area contributed by atoms with Crippen molar-refractivity contribution in [3.8, 4) is 11.5 Å². The van der Waals surface area contributed by atoms with Crippen LogP contribution in [0.5, 0.6) is 11.5 Å². The van der Waals surface area contributed by atoms with E-state index in [0.717, 1.165) is 12.8 Å². The molecule has 2 N–H and O–H groups in total. The summed E-state index contributed by atoms with van der Waals surface area (Å²) in [5, 5.41) is 12.6. The second-order valence-electron chi connectivity index (χ2n) is 10.9. The van der Waals surface area contributed by atoms with E-state index in [-0.39, 0.29) is 31.1 Å². The molecule has 10 heteroatoms. The number of carboxylic acids is 1. The van der Waals surface area contributed by atoms with Crippen molar-refractivity contribution in [2.45, 2.75) is 86.8 Å². The number of carbonyl (C=O) groups excluding carboxylic acids is 3. The molecule has 2 atom stereocenters. The molecule has 0 spiro atoms. The quantitative estimate of drug-likeness (QED) is 0.228. The Balaban J connectivity index is 3.00. The molecule has 1 aromatic carbocycles. The highest BCUT2D eigenvalue weighted by Gasteiger charge is 2.29. The zero-order chi connectivity index (χ0) is 28.4. The molecule has 0 heterocycles. The van der Waals surface area contributed by atoms with Crippen molar-refractivity contribution in [3.05, 3.63) is 23.8 Å². The number of benzene rings is 1. The lowest BCUT2D eigenvalue weighted by Crippen LogP contribution is -2.42. The first-order chi connectivity index (χ1) is 17.0. The third-order valence-electron chi connectivity index (χ3n) is 5.04. The largest absolute Gasteiger partial charge is 0.508 e. The van der Waals surface area contributed by atoms with E-state index in [4.69, 9.17) is 18.9 Å². The Bertz CT molecular complexity index is 944. The highest BCUT2D eigenvalue weighted by Crippen LogP contribution is 2.33. The van der Waals surface area contributed by atoms with Crippen LogP contribution < -0.4 is 14.8 Å². The van der Waals surface area contributed by atoms with Crippen molar-refractivity contribution in [1.29, 1.82) is 0 Å². The van der Waals surface area contributed by atoms with E-state index < -0.39 is 47.0 Å². The number of esters is 2. The Kier molecular flexibility index (Phi) is 12.0. The molecule has 37 heavy (non-hydrogen) atoms. The number of hydrogen-bond acceptors (Lipinski definition) is 9. The standard InChI is InChI=1S/C27H41NO9/c1-9-10-13-34-25(33)35-17(2)16-28-19(22(29)30)14-18-11-12-20(36-23(31)26(3,4)5)21(15-18)37-24(32)27(6,7)8/h11-12,15,17,19,28H,9-10,13-14,16H2,1-8H3,(H,29,30)/t17?,19-/m0/s1. The highest BCUT2D eigenvalue weighted by atomic mass is 16.7. The summed E-state index contributed by atoms with van der Waals surface area (Å²) < 4.78 is 21.1. The monoisotopic (exact) mass is 523 g/mol. The van der Waals surface area contributed by atoms with Crippen LogP contribution >= 0.6 is 0 Å². The van der Waals surface area contributed by atoms with Gasteiger partial charge < -0.3 is 29.4 Å². The van der Waals surface area contributed by atoms with Gasteiger partial charge in [0.05, 0.1) is 17.4 Å². The molecule has 10 nitrogen and oxygen atoms in total. The number of rotatable bonds is 12. The fourth-order valence-electron chi connectivity index (χ4n) is 2.68. The molecule has 0 aliphatic carbocycles. The van der Waals surface area contributed by atoms with E-state index in [1.807, 2.05) is 6.92 Å². The Hall–Kier alpha value is -3.14. The summed E-state index contributed by atoms with van der Waals surface area (Å²) in [6.07, 6.45) is 0.196. The Morgan fingerprint density at radius 1 is 0.946 bits per heavy atom. The van der Waals surface area contributed by atoms with E-state index >= 15 is 0 Å². The van der Waals surface area contributed by atoms with E-state index in [1.54, 1.807) is 54.5 Å². The number of ether oxygens (including phenoxy) is 4. The fraction of sp³-hybridized carbons (Fsp3) is 0.630. The Labute approximate surface area is 219 Å². The summed E-state index contributed by atoms with van der Waals surface area (Å²) in [6.45, 7) is 14.1. The Morgan fingerprint density at radius 2 is 1.51 bits per heavy atom. The number of carbonyl (C=O) groups is 4. The molecule has 1 unspecified atom stereocenters. The SMILES string of the molecule is CCCCOC(=O)OC(C)CN[C@@H](Cc1ccc(OC(=O)C(C)(C)C)c(OC(=O)C(C)(C)C)c1)C(=O)O. The van der Waals surface area contributed by atoms with Crippen molar-refractivity contribution in [1.82, 2.24) is 5.32 Å². The molecular formula is C27H41NO9. The first-order valence-electron chi connectivity index (χ1n) is 12.4. The summed E-state index contributed by atoms with van der Waals surface area (Å²) in [6, 6.07) is 3.53. The van der Waals surface area contributed by atoms with Gasteiger partial charge in [0.2, 0.25) is 0 Å². The van der Waals surface area contributed by atoms with Gasteiger partial charge in [0.25, 0.3) is 0 Å². The van der Waals surface area contributed by atoms with Crippen LogP contribution in [0.2, 0.25) is 0 Å². The highest BCUT2D eigenvalue weighted by molar-refractivity contribution is 5.81. The Morgan fingerprint density at radius 3 is 2.03 bits per heavy atom. The maximum Gasteiger partial charge on any atom is 0.508 e. The number of nitrogens with one attached hydrogen (secondary N) is 1. The molecule has 1 rings (SSSR count). The molecule has 1 aromatic rings. The van der Waals surface area contributed by atoms with Crippen molar-refractivity contribution >= 4 is 24.1 Å². The lowest BCUT2D eigenvalue weighted by molar-refractivity contribution is -0.145. The number of aliphatic carboxylic acids is 1. The summed E-state index contributed by atoms with van der Waals surface area (Å²) in [7, 11) is 0. The maximum absolute atomic E-state index is 12.5. The van der Waals surface area contributed by atoms with Gasteiger partial charge in [-0.05, 0) is 79.0 Å². The van der Waals surface area contributed by atoms with E-state index in [2.05, 4.69) is 5.32 Å². The summed E-state index contributed by atoms with van der Waals surface area (Å²) >= 11 is 0. The molecule has 0 aliphatic heterocycles. The second kappa shape index (κ2) is 14.0. The first-order valence-corrected chi connectivity index (χ1v) is 12.4. The zero-order valence-electron chi connectivity index (χ0n) is 23.1. The average molecular weight is 524 g/mol. The minimum absolute atomic E-state index is 0.0192. The summed E-state index contributed by atoms with van der Waals surface area (Å²) in [4.78, 5) is 48.5. The smallest absolute Gasteiger partial charge is 0.480 e. The van der Waals surface area contributed by atoms with Crippen LogP contribution in [0.4, 0.5) is 4.79 Å². The van der Waals surface area contributed by atoms with Crippen LogP contribution in [0.3, 0.4) is 0 Å². The number of carboxylic acid groups (broad SMARTS) is 1. The first kappa shape index (κ1) is 31.9. The van der Waals surface area contributed by atoms with Gasteiger partial charge in [0, 0.05) is 6.54 Å². The van der Waals surface area contributed by atoms with Gasteiger partial charge in [-0.3, -0.25) is 14.4 Å². The second-order valence-corrected chi connectivity index (χ2v) is 10.9. The minimum atomic E-state index is -1.12. The molecule has 0 saturated carbocycles. The normalized spacial score (nSPS) is 13.3. The molecular weight excluding hydrogens is 482 g/mol. The lowest BCUT2D eigenvalue weighted by atomic mass is 9.97. The van der Waals surface area contributed by atoms with E-state index in [0.29, 0.717) is 5.56 Å². The van der Waals surface area contributed by atoms with Crippen molar-refractivity contribution in [3.63, 3.8) is 0 Å². The fourth-order valence-corrected chi connectivity index (χ4v) is 2.68. The number of unbranched alkanes of at least 4 members (excludes halogenated alkanes) is 1. The predicted octanol–water partition coefficient (Wildman–Crippen LogP) is 4.52. The maximum atomic E-state index is 12.5. The van der Waals surface area contributed by atoms with Crippen LogP contribution in [0.25, 0.3) is 0 Å². The van der Waals surface area contributed by atoms with Gasteiger partial charge >= 0.3 is 24.1 Å². The number of hydrogen-bond donors (Lipinski definition) is 2. The molecule has 0 bridgehead atoms. The van der Waals surface area contributed by atoms with E-state index in [9.17, 15) is 24.3 Å². The molecule has 0 amide bonds. The third kappa shape index (κ3) is 11.6. The van der Waals surface area contributed by atoms with Gasteiger partial charge in [-0.2, -0.15) is 0 Å². The van der Waals surface area contributed by atoms with Gasteiger partial charge in [-0.15, -0.1) is 0 Å². The van der Waals surface area contributed by atoms with Crippen LogP contribution in [-0.2, 0) is 30.3 Å². The summed E-state index contributed by atoms with van der Waals surface area (Å²) in [5.41, 5.74) is -1.08. The minimum Gasteiger partial charge on any atom is -0.480 e. The predicted molar refractivity (Wildman–Crippen MR) is 137 cm³/mol. The van der Waals surface area contributed by atoms with Crippen molar-refractivity contribution in [2.24, 2.45) is 10.8 Å². The van der Waals surface area contributed by atoms with Crippen molar-refractivity contribution < 1.29 is 43.2 Å². The van der Waals surface area contributed by atoms with Gasteiger partial charge in [-0.25, -0.2) is 4.79 Å². The molecule has 0 aromatic heterocycles. The van der Waals surface area contributed by atoms with Gasteiger partial charge in [-0.1, -0.05) is 19.4 Å². The van der Waals surface area contributed by atoms with E-state index in [1.165, 1.54) is 12.1 Å². The molecule has 208 valence electrons.